The zero-order valence-electron chi connectivity index (χ0n) is 12.5. The van der Waals surface area contributed by atoms with Crippen LogP contribution in [-0.2, 0) is 9.53 Å². The molecule has 2 aromatic rings. The summed E-state index contributed by atoms with van der Waals surface area (Å²) in [6, 6.07) is 15.1. The highest BCUT2D eigenvalue weighted by Gasteiger charge is 2.05. The number of carbonyl (C=O) groups excluding carboxylic acids is 1. The van der Waals surface area contributed by atoms with Crippen LogP contribution in [0.4, 0.5) is 5.69 Å². The number of carbonyl (C=O) groups is 1. The predicted octanol–water partition coefficient (Wildman–Crippen LogP) is 3.38. The van der Waals surface area contributed by atoms with E-state index in [0.29, 0.717) is 12.4 Å². The Hall–Kier alpha value is -2.75. The first-order valence-corrected chi connectivity index (χ1v) is 7.10. The van der Waals surface area contributed by atoms with E-state index in [1.807, 2.05) is 60.7 Å². The highest BCUT2D eigenvalue weighted by atomic mass is 16.6. The molecule has 0 aliphatic carbocycles. The topological polar surface area (TPSA) is 61.5 Å². The Morgan fingerprint density at radius 1 is 1.09 bits per heavy atom. The zero-order valence-corrected chi connectivity index (χ0v) is 12.5. The lowest BCUT2D eigenvalue weighted by atomic mass is 10.1. The van der Waals surface area contributed by atoms with Crippen LogP contribution >= 0.6 is 0 Å². The van der Waals surface area contributed by atoms with Crippen molar-refractivity contribution in [2.45, 2.75) is 6.92 Å². The van der Waals surface area contributed by atoms with Gasteiger partial charge in [0, 0.05) is 11.3 Å². The van der Waals surface area contributed by atoms with Gasteiger partial charge in [0.1, 0.15) is 5.75 Å². The molecule has 0 radical (unpaired) electrons. The normalized spacial score (nSPS) is 10.6. The van der Waals surface area contributed by atoms with Gasteiger partial charge in [0.05, 0.1) is 6.61 Å². The summed E-state index contributed by atoms with van der Waals surface area (Å²) >= 11 is 0. The number of benzene rings is 2. The van der Waals surface area contributed by atoms with E-state index in [-0.39, 0.29) is 12.6 Å². The van der Waals surface area contributed by atoms with Crippen molar-refractivity contribution in [3.05, 3.63) is 59.7 Å². The first-order chi connectivity index (χ1) is 10.7. The Morgan fingerprint density at radius 3 is 2.55 bits per heavy atom. The summed E-state index contributed by atoms with van der Waals surface area (Å²) in [6.07, 6.45) is 3.90. The minimum absolute atomic E-state index is 0.0967. The van der Waals surface area contributed by atoms with Crippen molar-refractivity contribution in [1.82, 2.24) is 0 Å². The molecule has 2 N–H and O–H groups in total. The largest absolute Gasteiger partial charge is 0.481 e. The third kappa shape index (κ3) is 4.66. The van der Waals surface area contributed by atoms with E-state index in [2.05, 4.69) is 0 Å². The molecule has 0 saturated carbocycles. The summed E-state index contributed by atoms with van der Waals surface area (Å²) in [5.74, 6) is 0.266. The van der Waals surface area contributed by atoms with Crippen LogP contribution in [0.5, 0.6) is 5.75 Å². The van der Waals surface area contributed by atoms with Crippen molar-refractivity contribution >= 4 is 23.8 Å². The van der Waals surface area contributed by atoms with Crippen LogP contribution in [0, 0.1) is 0 Å². The van der Waals surface area contributed by atoms with Crippen LogP contribution in [-0.4, -0.2) is 19.2 Å². The van der Waals surface area contributed by atoms with E-state index in [1.165, 1.54) is 0 Å². The smallest absolute Gasteiger partial charge is 0.344 e. The van der Waals surface area contributed by atoms with Gasteiger partial charge in [-0.3, -0.25) is 0 Å². The average molecular weight is 297 g/mol. The van der Waals surface area contributed by atoms with E-state index in [0.717, 1.165) is 16.8 Å². The molecule has 22 heavy (non-hydrogen) atoms. The van der Waals surface area contributed by atoms with E-state index in [1.54, 1.807) is 6.92 Å². The molecule has 0 spiro atoms. The average Bonchev–Trinajstić information content (AvgIpc) is 2.53. The van der Waals surface area contributed by atoms with E-state index in [9.17, 15) is 4.79 Å². The number of rotatable bonds is 6. The molecule has 0 aliphatic heterocycles. The summed E-state index contributed by atoms with van der Waals surface area (Å²) in [6.45, 7) is 2.02. The van der Waals surface area contributed by atoms with Gasteiger partial charge in [-0.1, -0.05) is 42.5 Å². The number of nitrogen functional groups attached to an aromatic ring is 1. The maximum atomic E-state index is 11.4. The maximum Gasteiger partial charge on any atom is 0.344 e. The summed E-state index contributed by atoms with van der Waals surface area (Å²) in [7, 11) is 0. The monoisotopic (exact) mass is 297 g/mol. The fraction of sp³-hybridized carbons (Fsp3) is 0.167. The number of hydrogen-bond donors (Lipinski definition) is 1. The second-order valence-electron chi connectivity index (χ2n) is 4.63. The molecule has 0 fully saturated rings. The molecule has 0 saturated heterocycles. The Balaban J connectivity index is 2.07. The van der Waals surface area contributed by atoms with Crippen LogP contribution < -0.4 is 10.5 Å². The molecular formula is C18H19NO3. The van der Waals surface area contributed by atoms with E-state index in [4.69, 9.17) is 15.2 Å². The fourth-order valence-corrected chi connectivity index (χ4v) is 1.88. The third-order valence-electron chi connectivity index (χ3n) is 2.96. The van der Waals surface area contributed by atoms with Gasteiger partial charge in [-0.25, -0.2) is 4.79 Å². The fourth-order valence-electron chi connectivity index (χ4n) is 1.88. The number of esters is 1. The number of ether oxygens (including phenoxy) is 2. The van der Waals surface area contributed by atoms with Crippen LogP contribution in [0.25, 0.3) is 12.2 Å². The van der Waals surface area contributed by atoms with Crippen molar-refractivity contribution in [2.24, 2.45) is 0 Å². The molecule has 0 aliphatic rings. The number of nitrogens with two attached hydrogens (primary N) is 1. The molecule has 0 unspecified atom stereocenters. The van der Waals surface area contributed by atoms with E-state index < -0.39 is 0 Å². The first kappa shape index (κ1) is 15.6. The Bertz CT molecular complexity index is 648. The first-order valence-electron chi connectivity index (χ1n) is 7.10. The van der Waals surface area contributed by atoms with Crippen molar-refractivity contribution in [2.75, 3.05) is 18.9 Å². The molecule has 2 aromatic carbocycles. The summed E-state index contributed by atoms with van der Waals surface area (Å²) in [5, 5.41) is 0. The molecule has 0 aromatic heterocycles. The lowest BCUT2D eigenvalue weighted by molar-refractivity contribution is -0.145. The summed E-state index contributed by atoms with van der Waals surface area (Å²) in [4.78, 5) is 11.4. The van der Waals surface area contributed by atoms with Gasteiger partial charge >= 0.3 is 5.97 Å². The Kier molecular flexibility index (Phi) is 5.60. The molecule has 4 nitrogen and oxygen atoms in total. The second-order valence-corrected chi connectivity index (χ2v) is 4.63. The number of para-hydroxylation sites is 1. The van der Waals surface area contributed by atoms with Crippen LogP contribution in [0.15, 0.2) is 48.5 Å². The van der Waals surface area contributed by atoms with Crippen molar-refractivity contribution in [3.63, 3.8) is 0 Å². The third-order valence-corrected chi connectivity index (χ3v) is 2.96. The lowest BCUT2D eigenvalue weighted by Gasteiger charge is -2.08. The molecule has 0 bridgehead atoms. The van der Waals surface area contributed by atoms with Crippen molar-refractivity contribution in [3.8, 4) is 5.75 Å². The molecule has 0 amide bonds. The Labute approximate surface area is 130 Å². The van der Waals surface area contributed by atoms with Gasteiger partial charge in [-0.15, -0.1) is 0 Å². The van der Waals surface area contributed by atoms with Crippen LogP contribution in [0.1, 0.15) is 18.1 Å². The van der Waals surface area contributed by atoms with Crippen LogP contribution in [0.3, 0.4) is 0 Å². The summed E-state index contributed by atoms with van der Waals surface area (Å²) in [5.41, 5.74) is 8.32. The van der Waals surface area contributed by atoms with Gasteiger partial charge in [-0.2, -0.15) is 0 Å². The lowest BCUT2D eigenvalue weighted by Crippen LogP contribution is -2.14. The molecule has 114 valence electrons. The van der Waals surface area contributed by atoms with Crippen molar-refractivity contribution < 1.29 is 14.3 Å². The predicted molar refractivity (Wildman–Crippen MR) is 88.4 cm³/mol. The van der Waals surface area contributed by atoms with Crippen LogP contribution in [0.2, 0.25) is 0 Å². The van der Waals surface area contributed by atoms with Gasteiger partial charge in [0.15, 0.2) is 6.61 Å². The second kappa shape index (κ2) is 7.88. The highest BCUT2D eigenvalue weighted by Crippen LogP contribution is 2.21. The minimum atomic E-state index is -0.375. The van der Waals surface area contributed by atoms with Gasteiger partial charge in [0.2, 0.25) is 0 Å². The quantitative estimate of drug-likeness (QED) is 0.504. The number of anilines is 1. The molecule has 2 rings (SSSR count). The summed E-state index contributed by atoms with van der Waals surface area (Å²) < 4.78 is 10.4. The standard InChI is InChI=1S/C18H19NO3/c1-2-21-18(20)13-22-17-6-4-3-5-15(17)10-7-14-8-11-16(19)12-9-14/h3-12H,2,13,19H2,1H3/b10-7-. The minimum Gasteiger partial charge on any atom is -0.481 e. The molecular weight excluding hydrogens is 278 g/mol. The highest BCUT2D eigenvalue weighted by molar-refractivity contribution is 5.74. The van der Waals surface area contributed by atoms with Gasteiger partial charge < -0.3 is 15.2 Å². The Morgan fingerprint density at radius 2 is 1.82 bits per heavy atom. The SMILES string of the molecule is CCOC(=O)COc1ccccc1/C=C\c1ccc(N)cc1. The molecule has 0 heterocycles. The zero-order chi connectivity index (χ0) is 15.8. The van der Waals surface area contributed by atoms with Gasteiger partial charge in [-0.05, 0) is 30.7 Å². The maximum absolute atomic E-state index is 11.4. The van der Waals surface area contributed by atoms with E-state index >= 15 is 0 Å². The molecule has 0 atom stereocenters. The number of hydrogen-bond acceptors (Lipinski definition) is 4. The molecule has 4 heteroatoms. The van der Waals surface area contributed by atoms with Crippen molar-refractivity contribution in [1.29, 1.82) is 0 Å². The van der Waals surface area contributed by atoms with Gasteiger partial charge in [0.25, 0.3) is 0 Å².